The van der Waals surface area contributed by atoms with Crippen molar-refractivity contribution in [3.05, 3.63) is 46.7 Å². The third-order valence-electron chi connectivity index (χ3n) is 4.96. The number of nitriles is 1. The molecule has 29 heavy (non-hydrogen) atoms. The number of likely N-dealkylation sites (tertiary alicyclic amines) is 1. The molecule has 1 aliphatic rings. The highest BCUT2D eigenvalue weighted by atomic mass is 32.1. The molecule has 152 valence electrons. The Balaban J connectivity index is 1.74. The fourth-order valence-corrected chi connectivity index (χ4v) is 4.25. The minimum Gasteiger partial charge on any atom is -0.494 e. The minimum atomic E-state index is -0.266. The summed E-state index contributed by atoms with van der Waals surface area (Å²) < 4.78 is 5.48. The topological polar surface area (TPSA) is 73.6 Å². The smallest absolute Gasteiger partial charge is 0.263 e. The van der Waals surface area contributed by atoms with Crippen LogP contribution in [0.1, 0.15) is 35.9 Å². The van der Waals surface area contributed by atoms with Crippen LogP contribution in [-0.4, -0.2) is 43.0 Å². The Morgan fingerprint density at radius 2 is 2.10 bits per heavy atom. The zero-order valence-electron chi connectivity index (χ0n) is 16.5. The third-order valence-corrected chi connectivity index (χ3v) is 5.82. The Bertz CT molecular complexity index is 858. The molecule has 1 aromatic carbocycles. The van der Waals surface area contributed by atoms with Crippen LogP contribution in [0.15, 0.2) is 41.8 Å². The molecule has 1 saturated heterocycles. The first kappa shape index (κ1) is 20.9. The predicted octanol–water partition coefficient (Wildman–Crippen LogP) is 3.95. The van der Waals surface area contributed by atoms with Gasteiger partial charge < -0.3 is 14.5 Å². The quantitative estimate of drug-likeness (QED) is 0.692. The average Bonchev–Trinajstić information content (AvgIpc) is 3.29. The van der Waals surface area contributed by atoms with E-state index in [2.05, 4.69) is 6.07 Å². The Morgan fingerprint density at radius 3 is 2.76 bits per heavy atom. The predicted molar refractivity (Wildman–Crippen MR) is 113 cm³/mol. The lowest BCUT2D eigenvalue weighted by molar-refractivity contribution is -0.123. The molecule has 2 heterocycles. The average molecular weight is 412 g/mol. The number of piperidine rings is 1. The van der Waals surface area contributed by atoms with Crippen LogP contribution in [0.2, 0.25) is 0 Å². The standard InChI is InChI=1S/C22H25N3O3S/c1-2-28-19-10-8-18(9-11-19)25(14-5-12-23)21(26)17-6-3-13-24(16-17)22(27)20-7-4-15-29-20/h4,7-11,15,17H,2-3,5-6,13-14,16H2,1H3. The molecule has 0 aliphatic carbocycles. The van der Waals surface area contributed by atoms with E-state index in [1.54, 1.807) is 9.80 Å². The second kappa shape index (κ2) is 10.1. The van der Waals surface area contributed by atoms with Gasteiger partial charge in [0, 0.05) is 25.3 Å². The van der Waals surface area contributed by atoms with Crippen molar-refractivity contribution >= 4 is 28.8 Å². The summed E-state index contributed by atoms with van der Waals surface area (Å²) in [7, 11) is 0. The van der Waals surface area contributed by atoms with Crippen LogP contribution in [-0.2, 0) is 4.79 Å². The van der Waals surface area contributed by atoms with Gasteiger partial charge in [-0.25, -0.2) is 0 Å². The van der Waals surface area contributed by atoms with Gasteiger partial charge in [-0.3, -0.25) is 9.59 Å². The van der Waals surface area contributed by atoms with Crippen molar-refractivity contribution in [3.8, 4) is 11.8 Å². The van der Waals surface area contributed by atoms with Crippen LogP contribution in [0.3, 0.4) is 0 Å². The summed E-state index contributed by atoms with van der Waals surface area (Å²) in [5.74, 6) is 0.433. The molecule has 0 saturated carbocycles. The molecule has 0 N–H and O–H groups in total. The van der Waals surface area contributed by atoms with Gasteiger partial charge in [0.15, 0.2) is 0 Å². The maximum atomic E-state index is 13.3. The van der Waals surface area contributed by atoms with Crippen molar-refractivity contribution in [3.63, 3.8) is 0 Å². The molecule has 1 aliphatic heterocycles. The van der Waals surface area contributed by atoms with Gasteiger partial charge in [0.2, 0.25) is 5.91 Å². The van der Waals surface area contributed by atoms with E-state index in [1.807, 2.05) is 48.7 Å². The van der Waals surface area contributed by atoms with Gasteiger partial charge in [0.1, 0.15) is 5.75 Å². The van der Waals surface area contributed by atoms with Gasteiger partial charge in [-0.15, -0.1) is 11.3 Å². The number of benzene rings is 1. The SMILES string of the molecule is CCOc1ccc(N(CCC#N)C(=O)C2CCCN(C(=O)c3cccs3)C2)cc1. The summed E-state index contributed by atoms with van der Waals surface area (Å²) in [6.45, 7) is 3.91. The fraction of sp³-hybridized carbons (Fsp3) is 0.409. The second-order valence-corrected chi connectivity index (χ2v) is 7.84. The zero-order chi connectivity index (χ0) is 20.6. The van der Waals surface area contributed by atoms with E-state index < -0.39 is 0 Å². The molecule has 1 aromatic heterocycles. The molecule has 3 rings (SSSR count). The molecular weight excluding hydrogens is 386 g/mol. The first-order valence-electron chi connectivity index (χ1n) is 9.88. The molecule has 1 unspecified atom stereocenters. The van der Waals surface area contributed by atoms with Crippen molar-refractivity contribution < 1.29 is 14.3 Å². The van der Waals surface area contributed by atoms with Crippen molar-refractivity contribution in [1.29, 1.82) is 5.26 Å². The summed E-state index contributed by atoms with van der Waals surface area (Å²) in [5.41, 5.74) is 0.746. The highest BCUT2D eigenvalue weighted by Crippen LogP contribution is 2.26. The lowest BCUT2D eigenvalue weighted by Gasteiger charge is -2.34. The lowest BCUT2D eigenvalue weighted by atomic mass is 9.96. The Labute approximate surface area is 175 Å². The normalized spacial score (nSPS) is 16.1. The van der Waals surface area contributed by atoms with Crippen LogP contribution >= 0.6 is 11.3 Å². The van der Waals surface area contributed by atoms with E-state index >= 15 is 0 Å². The number of carbonyl (C=O) groups excluding carboxylic acids is 2. The molecule has 7 heteroatoms. The van der Waals surface area contributed by atoms with Gasteiger partial charge in [-0.1, -0.05) is 6.07 Å². The first-order chi connectivity index (χ1) is 14.1. The second-order valence-electron chi connectivity index (χ2n) is 6.89. The summed E-state index contributed by atoms with van der Waals surface area (Å²) in [6, 6.07) is 13.2. The maximum absolute atomic E-state index is 13.3. The van der Waals surface area contributed by atoms with Crippen molar-refractivity contribution in [2.45, 2.75) is 26.2 Å². The van der Waals surface area contributed by atoms with Gasteiger partial charge in [0.05, 0.1) is 29.9 Å². The molecule has 6 nitrogen and oxygen atoms in total. The van der Waals surface area contributed by atoms with Crippen molar-refractivity contribution in [2.24, 2.45) is 5.92 Å². The van der Waals surface area contributed by atoms with E-state index in [4.69, 9.17) is 10.00 Å². The number of hydrogen-bond acceptors (Lipinski definition) is 5. The van der Waals surface area contributed by atoms with E-state index in [-0.39, 0.29) is 24.2 Å². The minimum absolute atomic E-state index is 0.0119. The van der Waals surface area contributed by atoms with E-state index in [9.17, 15) is 9.59 Å². The number of thiophene rings is 1. The van der Waals surface area contributed by atoms with Crippen molar-refractivity contribution in [2.75, 3.05) is 31.1 Å². The number of rotatable bonds is 7. The van der Waals surface area contributed by atoms with Crippen LogP contribution in [0.25, 0.3) is 0 Å². The van der Waals surface area contributed by atoms with Gasteiger partial charge in [-0.2, -0.15) is 5.26 Å². The molecule has 0 spiro atoms. The monoisotopic (exact) mass is 411 g/mol. The molecule has 1 fully saturated rings. The molecule has 0 radical (unpaired) electrons. The lowest BCUT2D eigenvalue weighted by Crippen LogP contribution is -2.47. The van der Waals surface area contributed by atoms with Crippen LogP contribution in [0, 0.1) is 17.2 Å². The molecular formula is C22H25N3O3S. The summed E-state index contributed by atoms with van der Waals surface area (Å²) in [6.07, 6.45) is 1.79. The Hall–Kier alpha value is -2.85. The van der Waals surface area contributed by atoms with Gasteiger partial charge in [-0.05, 0) is 55.5 Å². The number of anilines is 1. The highest BCUT2D eigenvalue weighted by Gasteiger charge is 2.32. The molecule has 2 amide bonds. The number of hydrogen-bond donors (Lipinski definition) is 0. The largest absolute Gasteiger partial charge is 0.494 e. The first-order valence-corrected chi connectivity index (χ1v) is 10.8. The molecule has 0 bridgehead atoms. The van der Waals surface area contributed by atoms with E-state index in [1.165, 1.54) is 11.3 Å². The van der Waals surface area contributed by atoms with Gasteiger partial charge >= 0.3 is 0 Å². The summed E-state index contributed by atoms with van der Waals surface area (Å²) >= 11 is 1.42. The number of amides is 2. The van der Waals surface area contributed by atoms with Gasteiger partial charge in [0.25, 0.3) is 5.91 Å². The maximum Gasteiger partial charge on any atom is 0.263 e. The fourth-order valence-electron chi connectivity index (χ4n) is 3.56. The van der Waals surface area contributed by atoms with Crippen LogP contribution in [0.4, 0.5) is 5.69 Å². The van der Waals surface area contributed by atoms with Crippen LogP contribution < -0.4 is 9.64 Å². The summed E-state index contributed by atoms with van der Waals surface area (Å²) in [5, 5.41) is 10.9. The number of nitrogens with zero attached hydrogens (tertiary/aromatic N) is 3. The molecule has 2 aromatic rings. The Morgan fingerprint density at radius 1 is 1.31 bits per heavy atom. The van der Waals surface area contributed by atoms with E-state index in [0.717, 1.165) is 24.3 Å². The zero-order valence-corrected chi connectivity index (χ0v) is 17.4. The van der Waals surface area contributed by atoms with Crippen LogP contribution in [0.5, 0.6) is 5.75 Å². The third kappa shape index (κ3) is 5.15. The number of carbonyl (C=O) groups is 2. The summed E-state index contributed by atoms with van der Waals surface area (Å²) in [4.78, 5) is 30.2. The Kier molecular flexibility index (Phi) is 7.25. The molecule has 1 atom stereocenters. The van der Waals surface area contributed by atoms with E-state index in [0.29, 0.717) is 31.1 Å². The van der Waals surface area contributed by atoms with Crippen molar-refractivity contribution in [1.82, 2.24) is 4.90 Å². The number of ether oxygens (including phenoxy) is 1. The highest BCUT2D eigenvalue weighted by molar-refractivity contribution is 7.12.